The maximum Gasteiger partial charge on any atom is 0.120 e. The van der Waals surface area contributed by atoms with Gasteiger partial charge < -0.3 is 10.5 Å². The minimum atomic E-state index is 0.486. The maximum atomic E-state index is 5.91. The molecule has 0 aromatic heterocycles. The van der Waals surface area contributed by atoms with Crippen LogP contribution in [0, 0.1) is 5.92 Å². The second kappa shape index (κ2) is 7.84. The quantitative estimate of drug-likeness (QED) is 0.819. The van der Waals surface area contributed by atoms with Gasteiger partial charge in [0.2, 0.25) is 0 Å². The first-order valence-electron chi connectivity index (χ1n) is 7.71. The number of hydrogen-bond donors (Lipinski definition) is 1. The average Bonchev–Trinajstić information content (AvgIpc) is 2.55. The summed E-state index contributed by atoms with van der Waals surface area (Å²) in [5.74, 6) is 1.91. The Morgan fingerprint density at radius 3 is 2.48 bits per heavy atom. The van der Waals surface area contributed by atoms with Crippen LogP contribution in [-0.2, 0) is 6.61 Å². The summed E-state index contributed by atoms with van der Waals surface area (Å²) in [4.78, 5) is 0. The lowest BCUT2D eigenvalue weighted by Crippen LogP contribution is -2.18. The fourth-order valence-electron chi connectivity index (χ4n) is 2.71. The van der Waals surface area contributed by atoms with Crippen molar-refractivity contribution in [1.82, 2.24) is 0 Å². The van der Waals surface area contributed by atoms with Crippen LogP contribution in [0.1, 0.15) is 37.3 Å². The first kappa shape index (κ1) is 15.6. The standard InChI is InChI=1S/C19H25NO/c1-3-19(15(2)13-20)17-10-7-11-18(12-17)21-14-16-8-5-4-6-9-16/h4-12,15,19H,3,13-14,20H2,1-2H3. The van der Waals surface area contributed by atoms with Crippen molar-refractivity contribution in [2.75, 3.05) is 6.54 Å². The SMILES string of the molecule is CCC(c1cccc(OCc2ccccc2)c1)C(C)CN. The topological polar surface area (TPSA) is 35.2 Å². The van der Waals surface area contributed by atoms with Gasteiger partial charge in [0.1, 0.15) is 12.4 Å². The molecule has 0 aliphatic heterocycles. The highest BCUT2D eigenvalue weighted by Crippen LogP contribution is 2.29. The summed E-state index contributed by atoms with van der Waals surface area (Å²) in [6.45, 7) is 5.75. The van der Waals surface area contributed by atoms with Crippen LogP contribution >= 0.6 is 0 Å². The molecule has 0 heterocycles. The Hall–Kier alpha value is -1.80. The van der Waals surface area contributed by atoms with E-state index in [-0.39, 0.29) is 0 Å². The molecule has 2 aromatic carbocycles. The van der Waals surface area contributed by atoms with Gasteiger partial charge in [0.15, 0.2) is 0 Å². The van der Waals surface area contributed by atoms with Gasteiger partial charge in [0, 0.05) is 0 Å². The summed E-state index contributed by atoms with van der Waals surface area (Å²) in [6, 6.07) is 18.7. The van der Waals surface area contributed by atoms with Crippen LogP contribution < -0.4 is 10.5 Å². The Bertz CT molecular complexity index is 538. The molecule has 2 rings (SSSR count). The van der Waals surface area contributed by atoms with Gasteiger partial charge in [-0.1, -0.05) is 56.3 Å². The lowest BCUT2D eigenvalue weighted by atomic mass is 9.85. The van der Waals surface area contributed by atoms with Gasteiger partial charge in [-0.3, -0.25) is 0 Å². The van der Waals surface area contributed by atoms with Crippen molar-refractivity contribution in [1.29, 1.82) is 0 Å². The zero-order chi connectivity index (χ0) is 15.1. The van der Waals surface area contributed by atoms with Gasteiger partial charge >= 0.3 is 0 Å². The third-order valence-corrected chi connectivity index (χ3v) is 4.03. The van der Waals surface area contributed by atoms with Crippen LogP contribution in [0.15, 0.2) is 54.6 Å². The zero-order valence-corrected chi connectivity index (χ0v) is 13.0. The fraction of sp³-hybridized carbons (Fsp3) is 0.368. The molecular formula is C19H25NO. The highest BCUT2D eigenvalue weighted by atomic mass is 16.5. The number of rotatable bonds is 7. The Balaban J connectivity index is 2.06. The molecule has 0 bridgehead atoms. The van der Waals surface area contributed by atoms with E-state index in [4.69, 9.17) is 10.5 Å². The van der Waals surface area contributed by atoms with E-state index < -0.39 is 0 Å². The molecule has 0 radical (unpaired) electrons. The molecule has 2 aromatic rings. The summed E-state index contributed by atoms with van der Waals surface area (Å²) in [5, 5.41) is 0. The van der Waals surface area contributed by atoms with E-state index in [0.717, 1.165) is 12.2 Å². The number of nitrogens with two attached hydrogens (primary N) is 1. The third kappa shape index (κ3) is 4.33. The minimum Gasteiger partial charge on any atom is -0.489 e. The van der Waals surface area contributed by atoms with Gasteiger partial charge in [0.25, 0.3) is 0 Å². The number of benzene rings is 2. The molecule has 0 spiro atoms. The summed E-state index contributed by atoms with van der Waals surface area (Å²) in [6.07, 6.45) is 1.10. The molecule has 0 aliphatic carbocycles. The first-order valence-corrected chi connectivity index (χ1v) is 7.71. The third-order valence-electron chi connectivity index (χ3n) is 4.03. The Morgan fingerprint density at radius 2 is 1.81 bits per heavy atom. The molecule has 2 atom stereocenters. The van der Waals surface area contributed by atoms with E-state index in [2.05, 4.69) is 44.2 Å². The van der Waals surface area contributed by atoms with Crippen LogP contribution in [0.2, 0.25) is 0 Å². The van der Waals surface area contributed by atoms with Crippen molar-refractivity contribution >= 4 is 0 Å². The molecular weight excluding hydrogens is 258 g/mol. The second-order valence-corrected chi connectivity index (χ2v) is 5.57. The minimum absolute atomic E-state index is 0.486. The van der Waals surface area contributed by atoms with Gasteiger partial charge in [0.05, 0.1) is 0 Å². The van der Waals surface area contributed by atoms with Crippen LogP contribution in [0.3, 0.4) is 0 Å². The summed E-state index contributed by atoms with van der Waals surface area (Å²) < 4.78 is 5.91. The molecule has 112 valence electrons. The van der Waals surface area contributed by atoms with Crippen molar-refractivity contribution in [3.8, 4) is 5.75 Å². The van der Waals surface area contributed by atoms with Crippen molar-refractivity contribution in [3.63, 3.8) is 0 Å². The Kier molecular flexibility index (Phi) is 5.82. The van der Waals surface area contributed by atoms with Crippen LogP contribution in [0.4, 0.5) is 0 Å². The predicted octanol–water partition coefficient (Wildman–Crippen LogP) is 4.35. The second-order valence-electron chi connectivity index (χ2n) is 5.57. The molecule has 2 nitrogen and oxygen atoms in total. The number of ether oxygens (including phenoxy) is 1. The maximum absolute atomic E-state index is 5.91. The van der Waals surface area contributed by atoms with Crippen molar-refractivity contribution < 1.29 is 4.74 Å². The largest absolute Gasteiger partial charge is 0.489 e. The first-order chi connectivity index (χ1) is 10.2. The molecule has 0 saturated carbocycles. The lowest BCUT2D eigenvalue weighted by molar-refractivity contribution is 0.305. The number of hydrogen-bond acceptors (Lipinski definition) is 2. The summed E-state index contributed by atoms with van der Waals surface area (Å²) >= 11 is 0. The highest BCUT2D eigenvalue weighted by molar-refractivity contribution is 5.31. The predicted molar refractivity (Wildman–Crippen MR) is 88.5 cm³/mol. The van der Waals surface area contributed by atoms with Gasteiger partial charge in [-0.15, -0.1) is 0 Å². The van der Waals surface area contributed by atoms with Crippen molar-refractivity contribution in [2.45, 2.75) is 32.8 Å². The molecule has 0 amide bonds. The highest BCUT2D eigenvalue weighted by Gasteiger charge is 2.16. The van der Waals surface area contributed by atoms with E-state index in [9.17, 15) is 0 Å². The van der Waals surface area contributed by atoms with E-state index in [1.54, 1.807) is 0 Å². The molecule has 2 unspecified atom stereocenters. The van der Waals surface area contributed by atoms with Crippen molar-refractivity contribution in [3.05, 3.63) is 65.7 Å². The lowest BCUT2D eigenvalue weighted by Gasteiger charge is -2.22. The average molecular weight is 283 g/mol. The molecule has 2 N–H and O–H groups in total. The summed E-state index contributed by atoms with van der Waals surface area (Å²) in [5.41, 5.74) is 8.33. The molecule has 21 heavy (non-hydrogen) atoms. The van der Waals surface area contributed by atoms with Crippen molar-refractivity contribution in [2.24, 2.45) is 11.7 Å². The molecule has 0 aliphatic rings. The van der Waals surface area contributed by atoms with Gasteiger partial charge in [-0.05, 0) is 48.1 Å². The molecule has 0 saturated heterocycles. The Morgan fingerprint density at radius 1 is 1.05 bits per heavy atom. The molecule has 0 fully saturated rings. The fourth-order valence-corrected chi connectivity index (χ4v) is 2.71. The van der Waals surface area contributed by atoms with E-state index in [0.29, 0.717) is 25.0 Å². The zero-order valence-electron chi connectivity index (χ0n) is 13.0. The monoisotopic (exact) mass is 283 g/mol. The van der Waals surface area contributed by atoms with E-state index >= 15 is 0 Å². The smallest absolute Gasteiger partial charge is 0.120 e. The van der Waals surface area contributed by atoms with E-state index in [1.165, 1.54) is 11.1 Å². The van der Waals surface area contributed by atoms with E-state index in [1.807, 2.05) is 24.3 Å². The Labute approximate surface area is 127 Å². The molecule has 2 heteroatoms. The van der Waals surface area contributed by atoms with Gasteiger partial charge in [-0.25, -0.2) is 0 Å². The summed E-state index contributed by atoms with van der Waals surface area (Å²) in [7, 11) is 0. The van der Waals surface area contributed by atoms with Crippen LogP contribution in [0.25, 0.3) is 0 Å². The normalized spacial score (nSPS) is 13.7. The van der Waals surface area contributed by atoms with Crippen LogP contribution in [0.5, 0.6) is 5.75 Å². The van der Waals surface area contributed by atoms with Crippen LogP contribution in [-0.4, -0.2) is 6.54 Å². The van der Waals surface area contributed by atoms with Gasteiger partial charge in [-0.2, -0.15) is 0 Å².